The minimum Gasteiger partial charge on any atom is -0.390 e. The lowest BCUT2D eigenvalue weighted by atomic mass is 9.98. The number of nitrogens with two attached hydrogens (primary N) is 2. The molecule has 74 valence electrons. The van der Waals surface area contributed by atoms with Gasteiger partial charge in [0.2, 0.25) is 0 Å². The third kappa shape index (κ3) is 4.01. The molecule has 0 bridgehead atoms. The van der Waals surface area contributed by atoms with E-state index in [4.69, 9.17) is 11.5 Å². The van der Waals surface area contributed by atoms with Crippen LogP contribution in [0.15, 0.2) is 0 Å². The van der Waals surface area contributed by atoms with Crippen LogP contribution in [0.4, 0.5) is 0 Å². The second-order valence-electron chi connectivity index (χ2n) is 3.59. The maximum absolute atomic E-state index is 9.40. The third-order valence-corrected chi connectivity index (χ3v) is 1.82. The SMILES string of the molecule is CC(C)C[C@@H](O)C(O)C(N)CN. The molecule has 0 aliphatic heterocycles. The smallest absolute Gasteiger partial charge is 0.0961 e. The van der Waals surface area contributed by atoms with Gasteiger partial charge >= 0.3 is 0 Å². The van der Waals surface area contributed by atoms with Crippen molar-refractivity contribution in [3.63, 3.8) is 0 Å². The van der Waals surface area contributed by atoms with Gasteiger partial charge in [-0.2, -0.15) is 0 Å². The molecule has 3 atom stereocenters. The molecular formula is C8H20N2O2. The maximum atomic E-state index is 9.40. The summed E-state index contributed by atoms with van der Waals surface area (Å²) in [5.41, 5.74) is 10.7. The first-order chi connectivity index (χ1) is 5.49. The fraction of sp³-hybridized carbons (Fsp3) is 1.00. The summed E-state index contributed by atoms with van der Waals surface area (Å²) in [6, 6.07) is -0.529. The molecule has 4 nitrogen and oxygen atoms in total. The summed E-state index contributed by atoms with van der Waals surface area (Å²) in [5, 5.41) is 18.8. The van der Waals surface area contributed by atoms with Crippen LogP contribution < -0.4 is 11.5 Å². The van der Waals surface area contributed by atoms with Crippen LogP contribution in [0.2, 0.25) is 0 Å². The summed E-state index contributed by atoms with van der Waals surface area (Å²) >= 11 is 0. The van der Waals surface area contributed by atoms with Crippen LogP contribution in [0.3, 0.4) is 0 Å². The Bertz CT molecular complexity index is 120. The molecule has 0 aliphatic rings. The number of aliphatic hydroxyl groups excluding tert-OH is 2. The van der Waals surface area contributed by atoms with Crippen molar-refractivity contribution < 1.29 is 10.2 Å². The Morgan fingerprint density at radius 1 is 1.25 bits per heavy atom. The standard InChI is InChI=1S/C8H20N2O2/c1-5(2)3-7(11)8(12)6(10)4-9/h5-8,11-12H,3-4,9-10H2,1-2H3/t6?,7-,8?/m1/s1. The Kier molecular flexibility index (Phi) is 5.41. The van der Waals surface area contributed by atoms with Gasteiger partial charge < -0.3 is 21.7 Å². The molecule has 0 fully saturated rings. The van der Waals surface area contributed by atoms with Gasteiger partial charge in [-0.3, -0.25) is 0 Å². The minimum atomic E-state index is -0.905. The summed E-state index contributed by atoms with van der Waals surface area (Å²) in [4.78, 5) is 0. The van der Waals surface area contributed by atoms with E-state index in [-0.39, 0.29) is 6.54 Å². The highest BCUT2D eigenvalue weighted by Crippen LogP contribution is 2.09. The fourth-order valence-electron chi connectivity index (χ4n) is 1.05. The second kappa shape index (κ2) is 5.48. The van der Waals surface area contributed by atoms with Gasteiger partial charge in [-0.15, -0.1) is 0 Å². The van der Waals surface area contributed by atoms with Crippen LogP contribution in [0.1, 0.15) is 20.3 Å². The first-order valence-corrected chi connectivity index (χ1v) is 4.30. The molecule has 0 saturated carbocycles. The molecule has 2 unspecified atom stereocenters. The fourth-order valence-corrected chi connectivity index (χ4v) is 1.05. The van der Waals surface area contributed by atoms with Crippen molar-refractivity contribution in [2.24, 2.45) is 17.4 Å². The van der Waals surface area contributed by atoms with Gasteiger partial charge in [-0.05, 0) is 12.3 Å². The zero-order chi connectivity index (χ0) is 9.72. The maximum Gasteiger partial charge on any atom is 0.0961 e. The normalized spacial score (nSPS) is 19.2. The van der Waals surface area contributed by atoms with E-state index >= 15 is 0 Å². The molecule has 0 aromatic carbocycles. The van der Waals surface area contributed by atoms with Crippen molar-refractivity contribution in [1.29, 1.82) is 0 Å². The van der Waals surface area contributed by atoms with E-state index in [0.29, 0.717) is 12.3 Å². The Balaban J connectivity index is 3.83. The summed E-state index contributed by atoms with van der Waals surface area (Å²) in [7, 11) is 0. The number of hydrogen-bond donors (Lipinski definition) is 4. The van der Waals surface area contributed by atoms with Crippen molar-refractivity contribution in [3.8, 4) is 0 Å². The summed E-state index contributed by atoms with van der Waals surface area (Å²) < 4.78 is 0. The number of rotatable bonds is 5. The topological polar surface area (TPSA) is 92.5 Å². The summed E-state index contributed by atoms with van der Waals surface area (Å²) in [5.74, 6) is 0.347. The quantitative estimate of drug-likeness (QED) is 0.434. The Morgan fingerprint density at radius 2 is 1.75 bits per heavy atom. The van der Waals surface area contributed by atoms with Crippen LogP contribution in [-0.2, 0) is 0 Å². The first kappa shape index (κ1) is 11.8. The van der Waals surface area contributed by atoms with E-state index in [1.807, 2.05) is 13.8 Å². The average molecular weight is 176 g/mol. The molecule has 0 amide bonds. The van der Waals surface area contributed by atoms with E-state index in [1.54, 1.807) is 0 Å². The van der Waals surface area contributed by atoms with Gasteiger partial charge in [0.05, 0.1) is 12.2 Å². The molecule has 0 aromatic rings. The van der Waals surface area contributed by atoms with Crippen LogP contribution in [0.25, 0.3) is 0 Å². The van der Waals surface area contributed by atoms with Crippen LogP contribution in [0.5, 0.6) is 0 Å². The number of hydrogen-bond acceptors (Lipinski definition) is 4. The van der Waals surface area contributed by atoms with E-state index in [0.717, 1.165) is 0 Å². The van der Waals surface area contributed by atoms with Gasteiger partial charge in [0.15, 0.2) is 0 Å². The van der Waals surface area contributed by atoms with Crippen molar-refractivity contribution >= 4 is 0 Å². The molecule has 0 aliphatic carbocycles. The highest BCUT2D eigenvalue weighted by atomic mass is 16.3. The van der Waals surface area contributed by atoms with Gasteiger partial charge in [0, 0.05) is 12.6 Å². The van der Waals surface area contributed by atoms with Gasteiger partial charge in [0.25, 0.3) is 0 Å². The molecular weight excluding hydrogens is 156 g/mol. The summed E-state index contributed by atoms with van der Waals surface area (Å²) in [6.07, 6.45) is -1.12. The van der Waals surface area contributed by atoms with E-state index in [1.165, 1.54) is 0 Å². The largest absolute Gasteiger partial charge is 0.390 e. The monoisotopic (exact) mass is 176 g/mol. The van der Waals surface area contributed by atoms with Crippen molar-refractivity contribution in [1.82, 2.24) is 0 Å². The molecule has 0 radical (unpaired) electrons. The third-order valence-electron chi connectivity index (χ3n) is 1.82. The van der Waals surface area contributed by atoms with Crippen LogP contribution >= 0.6 is 0 Å². The van der Waals surface area contributed by atoms with Crippen LogP contribution in [-0.4, -0.2) is 35.0 Å². The van der Waals surface area contributed by atoms with Gasteiger partial charge in [-0.1, -0.05) is 13.8 Å². The molecule has 6 N–H and O–H groups in total. The Morgan fingerprint density at radius 3 is 2.08 bits per heavy atom. The Labute approximate surface area is 73.6 Å². The van der Waals surface area contributed by atoms with Crippen molar-refractivity contribution in [2.75, 3.05) is 6.54 Å². The van der Waals surface area contributed by atoms with Crippen molar-refractivity contribution in [2.45, 2.75) is 38.5 Å². The number of aliphatic hydroxyl groups is 2. The molecule has 4 heteroatoms. The molecule has 0 heterocycles. The molecule has 0 rings (SSSR count). The van der Waals surface area contributed by atoms with E-state index in [9.17, 15) is 10.2 Å². The van der Waals surface area contributed by atoms with Crippen molar-refractivity contribution in [3.05, 3.63) is 0 Å². The predicted molar refractivity (Wildman–Crippen MR) is 48.5 cm³/mol. The first-order valence-electron chi connectivity index (χ1n) is 4.30. The lowest BCUT2D eigenvalue weighted by molar-refractivity contribution is -0.00504. The Hall–Kier alpha value is -0.160. The van der Waals surface area contributed by atoms with Gasteiger partial charge in [-0.25, -0.2) is 0 Å². The predicted octanol–water partition coefficient (Wildman–Crippen LogP) is -0.960. The highest BCUT2D eigenvalue weighted by Gasteiger charge is 2.22. The average Bonchev–Trinajstić information content (AvgIpc) is 2.00. The van der Waals surface area contributed by atoms with E-state index in [2.05, 4.69) is 0 Å². The lowest BCUT2D eigenvalue weighted by Gasteiger charge is -2.23. The lowest BCUT2D eigenvalue weighted by Crippen LogP contribution is -2.47. The van der Waals surface area contributed by atoms with E-state index < -0.39 is 18.2 Å². The zero-order valence-electron chi connectivity index (χ0n) is 7.77. The second-order valence-corrected chi connectivity index (χ2v) is 3.59. The highest BCUT2D eigenvalue weighted by molar-refractivity contribution is 4.79. The zero-order valence-corrected chi connectivity index (χ0v) is 7.77. The molecule has 0 saturated heterocycles. The minimum absolute atomic E-state index is 0.191. The molecule has 12 heavy (non-hydrogen) atoms. The molecule has 0 aromatic heterocycles. The van der Waals surface area contributed by atoms with Crippen LogP contribution in [0, 0.1) is 5.92 Å². The molecule has 0 spiro atoms. The van der Waals surface area contributed by atoms with Gasteiger partial charge in [0.1, 0.15) is 0 Å². The summed E-state index contributed by atoms with van der Waals surface area (Å²) in [6.45, 7) is 4.14.